The summed E-state index contributed by atoms with van der Waals surface area (Å²) in [5, 5.41) is -1.66. The van der Waals surface area contributed by atoms with Gasteiger partial charge < -0.3 is 0 Å². The highest BCUT2D eigenvalue weighted by Crippen LogP contribution is 2.31. The van der Waals surface area contributed by atoms with Gasteiger partial charge in [0.25, 0.3) is 0 Å². The molecule has 0 N–H and O–H groups in total. The van der Waals surface area contributed by atoms with Crippen molar-refractivity contribution in [3.63, 3.8) is 0 Å². The largest absolute Gasteiger partial charge is 0.221 e. The lowest BCUT2D eigenvalue weighted by molar-refractivity contribution is 0.282. The molecular formula is C7H8ClF. The first-order valence-corrected chi connectivity index (χ1v) is 3.24. The van der Waals surface area contributed by atoms with E-state index >= 15 is 0 Å². The van der Waals surface area contributed by atoms with Gasteiger partial charge >= 0.3 is 0 Å². The molecular weight excluding hydrogens is 139 g/mol. The van der Waals surface area contributed by atoms with Gasteiger partial charge in [-0.15, -0.1) is 0 Å². The van der Waals surface area contributed by atoms with E-state index in [0.29, 0.717) is 0 Å². The lowest BCUT2D eigenvalue weighted by Gasteiger charge is -2.20. The minimum atomic E-state index is -1.66. The van der Waals surface area contributed by atoms with Crippen LogP contribution < -0.4 is 0 Å². The van der Waals surface area contributed by atoms with Crippen LogP contribution in [0.15, 0.2) is 24.3 Å². The molecule has 0 radical (unpaired) electrons. The molecule has 9 heavy (non-hydrogen) atoms. The Labute approximate surface area is 59.0 Å². The van der Waals surface area contributed by atoms with E-state index in [4.69, 9.17) is 11.6 Å². The first kappa shape index (κ1) is 6.81. The standard InChI is InChI=1S/C7H8ClF/c1-6-4-2-3-5-7(6,8)9/h2-6H,1H3. The molecule has 2 heteroatoms. The Bertz CT molecular complexity index is 158. The molecule has 0 aromatic carbocycles. The van der Waals surface area contributed by atoms with Gasteiger partial charge in [-0.05, 0) is 6.08 Å². The van der Waals surface area contributed by atoms with Crippen LogP contribution in [0.1, 0.15) is 6.92 Å². The Hall–Kier alpha value is -0.300. The van der Waals surface area contributed by atoms with E-state index in [1.165, 1.54) is 6.08 Å². The van der Waals surface area contributed by atoms with Crippen molar-refractivity contribution < 1.29 is 4.39 Å². The fourth-order valence-corrected chi connectivity index (χ4v) is 0.840. The zero-order valence-electron chi connectivity index (χ0n) is 5.14. The van der Waals surface area contributed by atoms with E-state index in [1.54, 1.807) is 25.2 Å². The van der Waals surface area contributed by atoms with Gasteiger partial charge in [-0.2, -0.15) is 0 Å². The van der Waals surface area contributed by atoms with Gasteiger partial charge in [-0.1, -0.05) is 36.8 Å². The van der Waals surface area contributed by atoms with Crippen LogP contribution in [0.25, 0.3) is 0 Å². The van der Waals surface area contributed by atoms with Crippen LogP contribution in [0, 0.1) is 5.92 Å². The highest BCUT2D eigenvalue weighted by molar-refractivity contribution is 6.24. The SMILES string of the molecule is CC1C=CC=CC1(F)Cl. The zero-order valence-corrected chi connectivity index (χ0v) is 5.90. The van der Waals surface area contributed by atoms with Gasteiger partial charge in [-0.25, -0.2) is 4.39 Å². The molecule has 0 heterocycles. The third-order valence-corrected chi connectivity index (χ3v) is 1.91. The van der Waals surface area contributed by atoms with Gasteiger partial charge in [0.2, 0.25) is 5.13 Å². The van der Waals surface area contributed by atoms with E-state index in [0.717, 1.165) is 0 Å². The highest BCUT2D eigenvalue weighted by Gasteiger charge is 2.29. The monoisotopic (exact) mass is 146 g/mol. The van der Waals surface area contributed by atoms with E-state index < -0.39 is 5.13 Å². The molecule has 0 aromatic heterocycles. The topological polar surface area (TPSA) is 0 Å². The molecule has 50 valence electrons. The van der Waals surface area contributed by atoms with Gasteiger partial charge in [0.05, 0.1) is 0 Å². The van der Waals surface area contributed by atoms with Crippen molar-refractivity contribution in [3.8, 4) is 0 Å². The van der Waals surface area contributed by atoms with Gasteiger partial charge in [-0.3, -0.25) is 0 Å². The smallest absolute Gasteiger partial charge is 0.208 e. The Morgan fingerprint density at radius 2 is 2.22 bits per heavy atom. The van der Waals surface area contributed by atoms with E-state index in [2.05, 4.69) is 0 Å². The predicted octanol–water partition coefficient (Wildman–Crippen LogP) is 2.65. The molecule has 1 aliphatic rings. The average molecular weight is 147 g/mol. The Kier molecular flexibility index (Phi) is 1.62. The molecule has 0 amide bonds. The van der Waals surface area contributed by atoms with Crippen molar-refractivity contribution in [2.24, 2.45) is 5.92 Å². The normalized spacial score (nSPS) is 41.4. The molecule has 0 saturated heterocycles. The molecule has 0 aliphatic heterocycles. The number of halogens is 2. The maximum Gasteiger partial charge on any atom is 0.208 e. The number of hydrogen-bond acceptors (Lipinski definition) is 0. The summed E-state index contributed by atoms with van der Waals surface area (Å²) in [6.45, 7) is 1.74. The summed E-state index contributed by atoms with van der Waals surface area (Å²) in [5.74, 6) is -0.218. The summed E-state index contributed by atoms with van der Waals surface area (Å²) in [4.78, 5) is 0. The van der Waals surface area contributed by atoms with Crippen LogP contribution >= 0.6 is 11.6 Å². The van der Waals surface area contributed by atoms with Crippen molar-refractivity contribution in [1.82, 2.24) is 0 Å². The van der Waals surface area contributed by atoms with Crippen LogP contribution in [-0.4, -0.2) is 5.13 Å². The van der Waals surface area contributed by atoms with Crippen molar-refractivity contribution in [2.75, 3.05) is 0 Å². The summed E-state index contributed by atoms with van der Waals surface area (Å²) >= 11 is 5.42. The number of rotatable bonds is 0. The zero-order chi connectivity index (χ0) is 6.91. The molecule has 1 rings (SSSR count). The fraction of sp³-hybridized carbons (Fsp3) is 0.429. The van der Waals surface area contributed by atoms with Crippen LogP contribution in [0.3, 0.4) is 0 Å². The summed E-state index contributed by atoms with van der Waals surface area (Å²) in [6, 6.07) is 0. The average Bonchev–Trinajstić information content (AvgIpc) is 1.77. The molecule has 0 bridgehead atoms. The molecule has 2 atom stereocenters. The van der Waals surface area contributed by atoms with Crippen LogP contribution in [0.2, 0.25) is 0 Å². The first-order valence-electron chi connectivity index (χ1n) is 2.87. The van der Waals surface area contributed by atoms with Crippen molar-refractivity contribution in [2.45, 2.75) is 12.1 Å². The fourth-order valence-electron chi connectivity index (χ4n) is 0.695. The lowest BCUT2D eigenvalue weighted by atomic mass is 10.0. The summed E-state index contributed by atoms with van der Waals surface area (Å²) in [5.41, 5.74) is 0. The predicted molar refractivity (Wildman–Crippen MR) is 37.1 cm³/mol. The van der Waals surface area contributed by atoms with Gasteiger partial charge in [0.15, 0.2) is 0 Å². The third-order valence-electron chi connectivity index (χ3n) is 1.44. The second-order valence-electron chi connectivity index (χ2n) is 2.21. The van der Waals surface area contributed by atoms with E-state index in [9.17, 15) is 4.39 Å². The number of alkyl halides is 2. The molecule has 0 fully saturated rings. The summed E-state index contributed by atoms with van der Waals surface area (Å²) in [7, 11) is 0. The van der Waals surface area contributed by atoms with Crippen LogP contribution in [-0.2, 0) is 0 Å². The molecule has 2 unspecified atom stereocenters. The Morgan fingerprint density at radius 3 is 2.56 bits per heavy atom. The number of allylic oxidation sites excluding steroid dienone is 4. The second-order valence-corrected chi connectivity index (χ2v) is 2.79. The molecule has 0 aromatic rings. The summed E-state index contributed by atoms with van der Waals surface area (Å²) < 4.78 is 12.9. The Morgan fingerprint density at radius 1 is 1.56 bits per heavy atom. The Balaban J connectivity index is 2.78. The van der Waals surface area contributed by atoms with Crippen molar-refractivity contribution >= 4 is 11.6 Å². The van der Waals surface area contributed by atoms with Gasteiger partial charge in [0.1, 0.15) is 0 Å². The first-order chi connectivity index (χ1) is 4.13. The maximum absolute atomic E-state index is 12.9. The maximum atomic E-state index is 12.9. The van der Waals surface area contributed by atoms with E-state index in [1.807, 2.05) is 0 Å². The van der Waals surface area contributed by atoms with Gasteiger partial charge in [0, 0.05) is 5.92 Å². The third kappa shape index (κ3) is 1.33. The van der Waals surface area contributed by atoms with Crippen molar-refractivity contribution in [1.29, 1.82) is 0 Å². The summed E-state index contributed by atoms with van der Waals surface area (Å²) in [6.07, 6.45) is 6.52. The molecule has 0 saturated carbocycles. The quantitative estimate of drug-likeness (QED) is 0.461. The highest BCUT2D eigenvalue weighted by atomic mass is 35.5. The number of hydrogen-bond donors (Lipinski definition) is 0. The van der Waals surface area contributed by atoms with Crippen LogP contribution in [0.4, 0.5) is 4.39 Å². The van der Waals surface area contributed by atoms with Crippen molar-refractivity contribution in [3.05, 3.63) is 24.3 Å². The lowest BCUT2D eigenvalue weighted by Crippen LogP contribution is -2.21. The minimum Gasteiger partial charge on any atom is -0.221 e. The molecule has 0 spiro atoms. The molecule has 1 aliphatic carbocycles. The van der Waals surface area contributed by atoms with E-state index in [-0.39, 0.29) is 5.92 Å². The van der Waals surface area contributed by atoms with Crippen LogP contribution in [0.5, 0.6) is 0 Å². The second kappa shape index (κ2) is 2.14. The minimum absolute atomic E-state index is 0.218. The molecule has 0 nitrogen and oxygen atoms in total.